The smallest absolute Gasteiger partial charge is 0.137 e. The van der Waals surface area contributed by atoms with E-state index in [1.54, 1.807) is 0 Å². The van der Waals surface area contributed by atoms with Crippen LogP contribution in [0.2, 0.25) is 0 Å². The Labute approximate surface area is 192 Å². The molecule has 1 fully saturated rings. The summed E-state index contributed by atoms with van der Waals surface area (Å²) in [7, 11) is 0. The van der Waals surface area contributed by atoms with Crippen molar-refractivity contribution in [1.29, 1.82) is 0 Å². The van der Waals surface area contributed by atoms with E-state index in [9.17, 15) is 4.79 Å². The van der Waals surface area contributed by atoms with Crippen molar-refractivity contribution in [2.24, 2.45) is 11.8 Å². The zero-order valence-electron chi connectivity index (χ0n) is 15.6. The fourth-order valence-electron chi connectivity index (χ4n) is 4.06. The van der Waals surface area contributed by atoms with Gasteiger partial charge in [0.05, 0.1) is 0 Å². The molecule has 1 aliphatic carbocycles. The Morgan fingerprint density at radius 2 is 1.67 bits per heavy atom. The van der Waals surface area contributed by atoms with Crippen molar-refractivity contribution in [3.63, 3.8) is 0 Å². The molecule has 2 aromatic carbocycles. The van der Waals surface area contributed by atoms with Gasteiger partial charge in [0.2, 0.25) is 0 Å². The monoisotopic (exact) mass is 458 g/mol. The second kappa shape index (κ2) is 11.5. The molecule has 3 rings (SSSR count). The predicted molar refractivity (Wildman–Crippen MR) is 105 cm³/mol. The van der Waals surface area contributed by atoms with Crippen molar-refractivity contribution in [2.45, 2.75) is 43.9 Å². The molecule has 27 heavy (non-hydrogen) atoms. The molecule has 0 aliphatic heterocycles. The summed E-state index contributed by atoms with van der Waals surface area (Å²) in [5.41, 5.74) is 3.67. The van der Waals surface area contributed by atoms with Crippen LogP contribution in [0.4, 0.5) is 0 Å². The van der Waals surface area contributed by atoms with Gasteiger partial charge in [0.15, 0.2) is 0 Å². The Kier molecular flexibility index (Phi) is 9.66. The molecule has 0 aromatic heterocycles. The molecule has 1 aliphatic rings. The van der Waals surface area contributed by atoms with E-state index < -0.39 is 0 Å². The quantitative estimate of drug-likeness (QED) is 0.470. The Morgan fingerprint density at radius 1 is 1.00 bits per heavy atom. The van der Waals surface area contributed by atoms with E-state index in [1.165, 1.54) is 11.1 Å². The average molecular weight is 459 g/mol. The Balaban J connectivity index is 0.00000261. The first-order chi connectivity index (χ1) is 12.7. The minimum atomic E-state index is -0.0442. The van der Waals surface area contributed by atoms with Crippen LogP contribution >= 0.6 is 11.6 Å². The van der Waals surface area contributed by atoms with Gasteiger partial charge in [0.25, 0.3) is 0 Å². The molecule has 1 unspecified atom stereocenters. The molecule has 0 amide bonds. The first kappa shape index (κ1) is 22.7. The molecule has 3 atom stereocenters. The molecule has 2 nitrogen and oxygen atoms in total. The van der Waals surface area contributed by atoms with Crippen molar-refractivity contribution in [3.8, 4) is 0 Å². The average Bonchev–Trinajstić information content (AvgIpc) is 2.92. The molecule has 1 N–H and O–H groups in total. The Morgan fingerprint density at radius 3 is 2.37 bits per heavy atom. The SMILES string of the molecule is O=C1CC(Cl)[C@H](CCc2cccc(CCO)c2)[C@H]1CCc1cc[c-]cc1.[Y]. The first-order valence-electron chi connectivity index (χ1n) is 9.48. The van der Waals surface area contributed by atoms with Gasteiger partial charge in [-0.15, -0.1) is 11.6 Å². The van der Waals surface area contributed by atoms with E-state index in [-0.39, 0.29) is 56.5 Å². The molecule has 2 aromatic rings. The molecule has 0 saturated heterocycles. The first-order valence-corrected chi connectivity index (χ1v) is 9.91. The fraction of sp³-hybridized carbons (Fsp3) is 0.435. The van der Waals surface area contributed by atoms with Gasteiger partial charge in [-0.3, -0.25) is 4.79 Å². The number of alkyl halides is 1. The molecular weight excluding hydrogens is 433 g/mol. The number of carbonyl (C=O) groups is 1. The van der Waals surface area contributed by atoms with E-state index in [0.717, 1.165) is 31.2 Å². The number of aliphatic hydroxyl groups is 1. The van der Waals surface area contributed by atoms with Crippen LogP contribution in [-0.2, 0) is 56.8 Å². The molecule has 141 valence electrons. The van der Waals surface area contributed by atoms with Gasteiger partial charge in [-0.1, -0.05) is 24.3 Å². The van der Waals surface area contributed by atoms with Crippen LogP contribution in [0.3, 0.4) is 0 Å². The normalized spacial score (nSPS) is 21.9. The van der Waals surface area contributed by atoms with Gasteiger partial charge < -0.3 is 5.11 Å². The van der Waals surface area contributed by atoms with Gasteiger partial charge in [0, 0.05) is 57.0 Å². The van der Waals surface area contributed by atoms with Crippen molar-refractivity contribution in [1.82, 2.24) is 0 Å². The fourth-order valence-corrected chi connectivity index (χ4v) is 4.51. The van der Waals surface area contributed by atoms with Gasteiger partial charge in [-0.05, 0) is 49.1 Å². The Hall–Kier alpha value is -0.536. The minimum Gasteiger partial charge on any atom is -0.396 e. The van der Waals surface area contributed by atoms with Crippen LogP contribution < -0.4 is 0 Å². The summed E-state index contributed by atoms with van der Waals surface area (Å²) in [4.78, 5) is 12.4. The molecule has 0 spiro atoms. The molecule has 0 bridgehead atoms. The topological polar surface area (TPSA) is 37.3 Å². The maximum absolute atomic E-state index is 12.4. The van der Waals surface area contributed by atoms with Crippen molar-refractivity contribution < 1.29 is 42.6 Å². The van der Waals surface area contributed by atoms with E-state index in [4.69, 9.17) is 16.7 Å². The van der Waals surface area contributed by atoms with E-state index >= 15 is 0 Å². The summed E-state index contributed by atoms with van der Waals surface area (Å²) < 4.78 is 0. The second-order valence-corrected chi connectivity index (χ2v) is 7.80. The molecule has 1 saturated carbocycles. The number of carbonyl (C=O) groups excluding carboxylic acids is 1. The number of Topliss-reactive ketones (excluding diaryl/α,β-unsaturated/α-hetero) is 1. The van der Waals surface area contributed by atoms with Crippen LogP contribution in [-0.4, -0.2) is 22.9 Å². The number of hydrogen-bond acceptors (Lipinski definition) is 2. The van der Waals surface area contributed by atoms with Gasteiger partial charge in [0.1, 0.15) is 5.78 Å². The van der Waals surface area contributed by atoms with Crippen LogP contribution in [0.1, 0.15) is 36.0 Å². The Bertz CT molecular complexity index is 719. The third-order valence-corrected chi connectivity index (χ3v) is 5.96. The molecular formula is C23H26ClO2Y-. The number of rotatable bonds is 8. The van der Waals surface area contributed by atoms with Gasteiger partial charge >= 0.3 is 0 Å². The maximum atomic E-state index is 12.4. The van der Waals surface area contributed by atoms with Crippen LogP contribution in [0.15, 0.2) is 48.5 Å². The largest absolute Gasteiger partial charge is 0.396 e. The van der Waals surface area contributed by atoms with Crippen LogP contribution in [0.5, 0.6) is 0 Å². The zero-order valence-corrected chi connectivity index (χ0v) is 19.2. The van der Waals surface area contributed by atoms with E-state index in [0.29, 0.717) is 18.6 Å². The predicted octanol–water partition coefficient (Wildman–Crippen LogP) is 4.40. The summed E-state index contributed by atoms with van der Waals surface area (Å²) in [5, 5.41) is 9.06. The van der Waals surface area contributed by atoms with Crippen molar-refractivity contribution in [3.05, 3.63) is 71.3 Å². The van der Waals surface area contributed by atoms with Crippen LogP contribution in [0, 0.1) is 17.9 Å². The maximum Gasteiger partial charge on any atom is 0.137 e. The summed E-state index contributed by atoms with van der Waals surface area (Å²) in [6.45, 7) is 0.170. The zero-order chi connectivity index (χ0) is 18.4. The van der Waals surface area contributed by atoms with Crippen molar-refractivity contribution >= 4 is 17.4 Å². The summed E-state index contributed by atoms with van der Waals surface area (Å²) in [5.74, 6) is 0.648. The standard InChI is InChI=1S/C23H26ClO2.Y/c24-22-16-23(26)21(12-9-17-5-2-1-3-6-17)20(22)11-10-18-7-4-8-19(15-18)13-14-25;/h2-8,15,20-22,25H,9-14,16H2;/q-1;/t20-,21-,22?;/m1./s1. The summed E-state index contributed by atoms with van der Waals surface area (Å²) >= 11 is 6.54. The number of aliphatic hydroxyl groups excluding tert-OH is 1. The van der Waals surface area contributed by atoms with E-state index in [1.807, 2.05) is 24.3 Å². The summed E-state index contributed by atoms with van der Waals surface area (Å²) in [6.07, 6.45) is 4.85. The molecule has 0 heterocycles. The minimum absolute atomic E-state index is 0. The van der Waals surface area contributed by atoms with E-state index in [2.05, 4.69) is 30.3 Å². The second-order valence-electron chi connectivity index (χ2n) is 7.24. The van der Waals surface area contributed by atoms with Gasteiger partial charge in [-0.2, -0.15) is 35.9 Å². The number of hydrogen-bond donors (Lipinski definition) is 1. The number of benzene rings is 2. The van der Waals surface area contributed by atoms with Crippen molar-refractivity contribution in [2.75, 3.05) is 6.61 Å². The summed E-state index contributed by atoms with van der Waals surface area (Å²) in [6, 6.07) is 19.4. The number of ketones is 1. The number of aryl methyl sites for hydroxylation is 2. The van der Waals surface area contributed by atoms with Crippen LogP contribution in [0.25, 0.3) is 0 Å². The molecule has 1 radical (unpaired) electrons. The number of halogens is 1. The third-order valence-electron chi connectivity index (χ3n) is 5.48. The van der Waals surface area contributed by atoms with Gasteiger partial charge in [-0.25, -0.2) is 0 Å². The third kappa shape index (κ3) is 6.49. The molecule has 4 heteroatoms.